The third-order valence-electron chi connectivity index (χ3n) is 11.5. The number of hydrogen-bond donors (Lipinski definition) is 2. The Morgan fingerprint density at radius 2 is 1.82 bits per heavy atom. The smallest absolute Gasteiger partial charge is 0.334 e. The van der Waals surface area contributed by atoms with E-state index in [0.717, 1.165) is 56.9 Å². The maximum Gasteiger partial charge on any atom is 0.334 e. The molecule has 0 saturated heterocycles. The van der Waals surface area contributed by atoms with E-state index in [-0.39, 0.29) is 52.4 Å². The highest BCUT2D eigenvalue weighted by Gasteiger charge is 2.71. The van der Waals surface area contributed by atoms with Gasteiger partial charge in [-0.25, -0.2) is 4.79 Å². The fourth-order valence-electron chi connectivity index (χ4n) is 9.78. The number of allylic oxidation sites excluding steroid dienone is 2. The third kappa shape index (κ3) is 3.12. The first-order valence-electron chi connectivity index (χ1n) is 13.4. The molecular weight excluding hydrogens is 412 g/mol. The van der Waals surface area contributed by atoms with E-state index in [0.29, 0.717) is 11.8 Å². The molecule has 4 heteroatoms. The molecule has 0 aromatic heterocycles. The highest BCUT2D eigenvalue weighted by atomic mass is 16.5. The summed E-state index contributed by atoms with van der Waals surface area (Å²) in [6, 6.07) is 0. The highest BCUT2D eigenvalue weighted by molar-refractivity contribution is 5.92. The van der Waals surface area contributed by atoms with Gasteiger partial charge in [-0.05, 0) is 111 Å². The number of hydrogen-bond acceptors (Lipinski definition) is 4. The van der Waals surface area contributed by atoms with Gasteiger partial charge >= 0.3 is 5.97 Å². The zero-order valence-corrected chi connectivity index (χ0v) is 21.5. The molecule has 0 aromatic rings. The molecule has 5 rings (SSSR count). The van der Waals surface area contributed by atoms with Gasteiger partial charge in [-0.3, -0.25) is 0 Å². The van der Waals surface area contributed by atoms with Crippen molar-refractivity contribution in [2.24, 2.45) is 39.9 Å². The second-order valence-corrected chi connectivity index (χ2v) is 13.1. The van der Waals surface area contributed by atoms with Gasteiger partial charge in [-0.1, -0.05) is 39.3 Å². The van der Waals surface area contributed by atoms with Gasteiger partial charge in [0.15, 0.2) is 0 Å². The minimum absolute atomic E-state index is 0.00262. The molecule has 4 saturated carbocycles. The van der Waals surface area contributed by atoms with Crippen LogP contribution in [0.25, 0.3) is 0 Å². The molecule has 0 radical (unpaired) electrons. The van der Waals surface area contributed by atoms with E-state index in [2.05, 4.69) is 47.6 Å². The number of carbonyl (C=O) groups is 1. The SMILES string of the molecule is CC(C)=CCCC1=C2[C@H](C[C@@]3(C)[C@H]2C[C@@H](O)[C@H]2[C@@]4(C)CC[C@@H](O)[C@@H](C)[C@@H]4CC[C@@]23C)OC1=O. The minimum atomic E-state index is -0.371. The van der Waals surface area contributed by atoms with Gasteiger partial charge in [0.1, 0.15) is 6.10 Å². The number of fused-ring (bicyclic) bond motifs is 7. The minimum Gasteiger partial charge on any atom is -0.454 e. The molecule has 1 aliphatic heterocycles. The van der Waals surface area contributed by atoms with Gasteiger partial charge in [0, 0.05) is 5.57 Å². The first-order valence-corrected chi connectivity index (χ1v) is 13.4. The van der Waals surface area contributed by atoms with E-state index in [1.165, 1.54) is 11.1 Å². The lowest BCUT2D eigenvalue weighted by Gasteiger charge is -2.69. The highest BCUT2D eigenvalue weighted by Crippen LogP contribution is 2.74. The Balaban J connectivity index is 1.53. The van der Waals surface area contributed by atoms with Crippen LogP contribution in [0.3, 0.4) is 0 Å². The van der Waals surface area contributed by atoms with E-state index in [1.807, 2.05) is 0 Å². The quantitative estimate of drug-likeness (QED) is 0.430. The Morgan fingerprint density at radius 3 is 2.52 bits per heavy atom. The molecule has 2 N–H and O–H groups in total. The Labute approximate surface area is 199 Å². The van der Waals surface area contributed by atoms with Crippen LogP contribution in [-0.4, -0.2) is 34.5 Å². The maximum absolute atomic E-state index is 12.8. The molecule has 10 atom stereocenters. The van der Waals surface area contributed by atoms with E-state index < -0.39 is 0 Å². The lowest BCUT2D eigenvalue weighted by atomic mass is 9.36. The molecular formula is C29H44O4. The number of rotatable bonds is 3. The molecule has 1 heterocycles. The fraction of sp³-hybridized carbons (Fsp3) is 0.828. The number of carbonyl (C=O) groups excluding carboxylic acids is 1. The van der Waals surface area contributed by atoms with E-state index >= 15 is 0 Å². The van der Waals surface area contributed by atoms with Crippen molar-refractivity contribution in [3.63, 3.8) is 0 Å². The molecule has 184 valence electrons. The number of aliphatic hydroxyl groups is 2. The number of aliphatic hydroxyl groups excluding tert-OH is 2. The average molecular weight is 457 g/mol. The average Bonchev–Trinajstić information content (AvgIpc) is 3.17. The number of esters is 1. The summed E-state index contributed by atoms with van der Waals surface area (Å²) in [6.07, 6.45) is 8.80. The standard InChI is InChI=1S/C29H44O4/c1-16(2)8-7-9-18-24-20-14-22(31)25-27(4)12-11-21(30)17(3)19(27)10-13-28(25,5)29(20,6)15-23(24)33-26(18)32/h8,17,19-23,25,30-31H,7,9-15H2,1-6H3/t17-,19-,20-,21+,22+,23-,25-,27-,28-,29-/m0/s1. The molecule has 0 spiro atoms. The molecule has 4 nitrogen and oxygen atoms in total. The zero-order valence-electron chi connectivity index (χ0n) is 21.5. The summed E-state index contributed by atoms with van der Waals surface area (Å²) in [4.78, 5) is 12.8. The van der Waals surface area contributed by atoms with Crippen LogP contribution in [0.4, 0.5) is 0 Å². The normalized spacial score (nSPS) is 50.8. The van der Waals surface area contributed by atoms with Crippen LogP contribution in [0.5, 0.6) is 0 Å². The third-order valence-corrected chi connectivity index (χ3v) is 11.5. The molecule has 0 amide bonds. The first-order chi connectivity index (χ1) is 15.4. The Kier molecular flexibility index (Phi) is 5.50. The van der Waals surface area contributed by atoms with Crippen molar-refractivity contribution < 1.29 is 19.7 Å². The molecule has 5 aliphatic rings. The maximum atomic E-state index is 12.8. The summed E-state index contributed by atoms with van der Waals surface area (Å²) in [5.74, 6) is 1.08. The van der Waals surface area contributed by atoms with Crippen LogP contribution in [-0.2, 0) is 9.53 Å². The van der Waals surface area contributed by atoms with Crippen LogP contribution >= 0.6 is 0 Å². The zero-order chi connectivity index (χ0) is 23.9. The molecule has 33 heavy (non-hydrogen) atoms. The van der Waals surface area contributed by atoms with E-state index in [4.69, 9.17) is 4.74 Å². The Hall–Kier alpha value is -1.13. The van der Waals surface area contributed by atoms with Crippen molar-refractivity contribution in [3.05, 3.63) is 22.8 Å². The first kappa shape index (κ1) is 23.6. The molecule has 0 unspecified atom stereocenters. The number of ether oxygens (including phenoxy) is 1. The van der Waals surface area contributed by atoms with Crippen molar-refractivity contribution in [1.82, 2.24) is 0 Å². The van der Waals surface area contributed by atoms with Crippen molar-refractivity contribution >= 4 is 5.97 Å². The fourth-order valence-corrected chi connectivity index (χ4v) is 9.78. The van der Waals surface area contributed by atoms with Crippen molar-refractivity contribution in [1.29, 1.82) is 0 Å². The molecule has 4 fully saturated rings. The van der Waals surface area contributed by atoms with Gasteiger partial charge in [-0.2, -0.15) is 0 Å². The van der Waals surface area contributed by atoms with Gasteiger partial charge < -0.3 is 14.9 Å². The van der Waals surface area contributed by atoms with Crippen LogP contribution < -0.4 is 0 Å². The van der Waals surface area contributed by atoms with Gasteiger partial charge in [0.25, 0.3) is 0 Å². The van der Waals surface area contributed by atoms with Crippen molar-refractivity contribution in [2.75, 3.05) is 0 Å². The van der Waals surface area contributed by atoms with Crippen LogP contribution in [0.2, 0.25) is 0 Å². The van der Waals surface area contributed by atoms with Gasteiger partial charge in [0.2, 0.25) is 0 Å². The van der Waals surface area contributed by atoms with E-state index in [9.17, 15) is 15.0 Å². The predicted molar refractivity (Wildman–Crippen MR) is 129 cm³/mol. The molecule has 0 bridgehead atoms. The summed E-state index contributed by atoms with van der Waals surface area (Å²) < 4.78 is 5.99. The van der Waals surface area contributed by atoms with E-state index in [1.54, 1.807) is 0 Å². The monoisotopic (exact) mass is 456 g/mol. The van der Waals surface area contributed by atoms with Gasteiger partial charge in [0.05, 0.1) is 12.2 Å². The van der Waals surface area contributed by atoms with Gasteiger partial charge in [-0.15, -0.1) is 0 Å². The lowest BCUT2D eigenvalue weighted by Crippen LogP contribution is -2.65. The van der Waals surface area contributed by atoms with Crippen LogP contribution in [0, 0.1) is 39.9 Å². The second-order valence-electron chi connectivity index (χ2n) is 13.1. The topological polar surface area (TPSA) is 66.8 Å². The Bertz CT molecular complexity index is 899. The summed E-state index contributed by atoms with van der Waals surface area (Å²) >= 11 is 0. The predicted octanol–water partition coefficient (Wildman–Crippen LogP) is 5.58. The second kappa shape index (κ2) is 7.68. The largest absolute Gasteiger partial charge is 0.454 e. The van der Waals surface area contributed by atoms with Crippen LogP contribution in [0.15, 0.2) is 22.8 Å². The van der Waals surface area contributed by atoms with Crippen LogP contribution in [0.1, 0.15) is 92.9 Å². The Morgan fingerprint density at radius 1 is 1.09 bits per heavy atom. The summed E-state index contributed by atoms with van der Waals surface area (Å²) in [6.45, 7) is 13.7. The van der Waals surface area contributed by atoms with Crippen molar-refractivity contribution in [2.45, 2.75) is 111 Å². The lowest BCUT2D eigenvalue weighted by molar-refractivity contribution is -0.234. The molecule has 0 aromatic carbocycles. The summed E-state index contributed by atoms with van der Waals surface area (Å²) in [5, 5.41) is 22.4. The summed E-state index contributed by atoms with van der Waals surface area (Å²) in [7, 11) is 0. The summed E-state index contributed by atoms with van der Waals surface area (Å²) in [5.41, 5.74) is 3.47. The van der Waals surface area contributed by atoms with Crippen molar-refractivity contribution in [3.8, 4) is 0 Å². The molecule has 4 aliphatic carbocycles.